The van der Waals surface area contributed by atoms with Crippen LogP contribution in [0.1, 0.15) is 25.7 Å². The molecule has 1 saturated heterocycles. The van der Waals surface area contributed by atoms with Crippen molar-refractivity contribution in [3.63, 3.8) is 0 Å². The van der Waals surface area contributed by atoms with Crippen LogP contribution in [0.25, 0.3) is 0 Å². The summed E-state index contributed by atoms with van der Waals surface area (Å²) in [6, 6.07) is 0. The zero-order valence-corrected chi connectivity index (χ0v) is 9.22. The summed E-state index contributed by atoms with van der Waals surface area (Å²) in [4.78, 5) is 0. The van der Waals surface area contributed by atoms with Crippen LogP contribution in [0, 0.1) is 5.41 Å². The summed E-state index contributed by atoms with van der Waals surface area (Å²) >= 11 is 0. The second-order valence-electron chi connectivity index (χ2n) is 4.97. The van der Waals surface area contributed by atoms with E-state index < -0.39 is 0 Å². The molecule has 1 N–H and O–H groups in total. The normalized spacial score (nSPS) is 29.3. The average molecular weight is 205 g/mol. The lowest BCUT2D eigenvalue weighted by atomic mass is 9.68. The van der Waals surface area contributed by atoms with Crippen LogP contribution >= 0.6 is 0 Å². The summed E-state index contributed by atoms with van der Waals surface area (Å²) in [7, 11) is 0. The molecular weight excluding hydrogens is 186 g/mol. The zero-order chi connectivity index (χ0) is 10.1. The fourth-order valence-corrected chi connectivity index (χ4v) is 3.25. The standard InChI is InChI=1S/C13H19NO/c1-2-4-12-11(3-1)9-15-10-13(12)5-7-14-8-6-13/h1,3,14H,2,4-10H2. The van der Waals surface area contributed by atoms with Gasteiger partial charge in [0, 0.05) is 5.41 Å². The molecule has 2 heterocycles. The molecule has 0 bridgehead atoms. The highest BCUT2D eigenvalue weighted by Gasteiger charge is 2.39. The predicted octanol–water partition coefficient (Wildman–Crippen LogP) is 2.03. The highest BCUT2D eigenvalue weighted by atomic mass is 16.5. The van der Waals surface area contributed by atoms with Crippen LogP contribution in [-0.2, 0) is 4.74 Å². The van der Waals surface area contributed by atoms with Crippen LogP contribution in [0.5, 0.6) is 0 Å². The molecule has 0 atom stereocenters. The van der Waals surface area contributed by atoms with Gasteiger partial charge < -0.3 is 10.1 Å². The summed E-state index contributed by atoms with van der Waals surface area (Å²) in [5.74, 6) is 0. The molecule has 2 aliphatic heterocycles. The third-order valence-electron chi connectivity index (χ3n) is 4.10. The molecule has 2 nitrogen and oxygen atoms in total. The van der Waals surface area contributed by atoms with E-state index in [1.807, 2.05) is 0 Å². The number of fused-ring (bicyclic) bond motifs is 1. The third kappa shape index (κ3) is 1.56. The van der Waals surface area contributed by atoms with Crippen molar-refractivity contribution < 1.29 is 4.74 Å². The Hall–Kier alpha value is -0.600. The third-order valence-corrected chi connectivity index (χ3v) is 4.10. The van der Waals surface area contributed by atoms with Crippen molar-refractivity contribution in [3.8, 4) is 0 Å². The largest absolute Gasteiger partial charge is 0.376 e. The van der Waals surface area contributed by atoms with E-state index in [2.05, 4.69) is 17.5 Å². The van der Waals surface area contributed by atoms with E-state index in [4.69, 9.17) is 4.74 Å². The Bertz CT molecular complexity index is 310. The van der Waals surface area contributed by atoms with Gasteiger partial charge in [-0.2, -0.15) is 0 Å². The van der Waals surface area contributed by atoms with Crippen molar-refractivity contribution in [3.05, 3.63) is 23.3 Å². The van der Waals surface area contributed by atoms with E-state index in [9.17, 15) is 0 Å². The number of ether oxygens (including phenoxy) is 1. The van der Waals surface area contributed by atoms with Gasteiger partial charge in [0.25, 0.3) is 0 Å². The Morgan fingerprint density at radius 2 is 2.13 bits per heavy atom. The van der Waals surface area contributed by atoms with Crippen LogP contribution in [0.15, 0.2) is 23.3 Å². The van der Waals surface area contributed by atoms with Crippen molar-refractivity contribution in [2.45, 2.75) is 25.7 Å². The van der Waals surface area contributed by atoms with E-state index in [1.165, 1.54) is 31.3 Å². The second-order valence-corrected chi connectivity index (χ2v) is 4.97. The van der Waals surface area contributed by atoms with Gasteiger partial charge in [0.1, 0.15) is 0 Å². The first-order valence-electron chi connectivity index (χ1n) is 6.08. The summed E-state index contributed by atoms with van der Waals surface area (Å²) < 4.78 is 5.80. The Balaban J connectivity index is 1.96. The van der Waals surface area contributed by atoms with Crippen LogP contribution in [-0.4, -0.2) is 26.3 Å². The lowest BCUT2D eigenvalue weighted by Gasteiger charge is -2.44. The van der Waals surface area contributed by atoms with Gasteiger partial charge in [0.05, 0.1) is 13.2 Å². The SMILES string of the molecule is C1=CC2=C(CC1)C1(CCNCC1)COC2. The van der Waals surface area contributed by atoms with Gasteiger partial charge >= 0.3 is 0 Å². The Labute approximate surface area is 91.4 Å². The second kappa shape index (κ2) is 3.76. The molecule has 3 aliphatic rings. The van der Waals surface area contributed by atoms with Crippen molar-refractivity contribution in [1.82, 2.24) is 5.32 Å². The number of allylic oxidation sites excluding steroid dienone is 1. The molecule has 0 radical (unpaired) electrons. The minimum atomic E-state index is 0.392. The molecule has 1 aliphatic carbocycles. The minimum Gasteiger partial charge on any atom is -0.376 e. The molecular formula is C13H19NO. The molecule has 2 heteroatoms. The lowest BCUT2D eigenvalue weighted by molar-refractivity contribution is 0.0376. The van der Waals surface area contributed by atoms with Crippen LogP contribution < -0.4 is 5.32 Å². The summed E-state index contributed by atoms with van der Waals surface area (Å²) in [5, 5.41) is 3.46. The monoisotopic (exact) mass is 205 g/mol. The van der Waals surface area contributed by atoms with Gasteiger partial charge in [0.2, 0.25) is 0 Å². The molecule has 0 unspecified atom stereocenters. The number of hydrogen-bond donors (Lipinski definition) is 1. The highest BCUT2D eigenvalue weighted by molar-refractivity contribution is 5.36. The molecule has 0 saturated carbocycles. The summed E-state index contributed by atoms with van der Waals surface area (Å²) in [6.45, 7) is 4.12. The maximum absolute atomic E-state index is 5.80. The summed E-state index contributed by atoms with van der Waals surface area (Å²) in [6.07, 6.45) is 9.62. The smallest absolute Gasteiger partial charge is 0.0716 e. The van der Waals surface area contributed by atoms with Crippen LogP contribution in [0.3, 0.4) is 0 Å². The van der Waals surface area contributed by atoms with Crippen molar-refractivity contribution >= 4 is 0 Å². The predicted molar refractivity (Wildman–Crippen MR) is 60.8 cm³/mol. The van der Waals surface area contributed by atoms with Gasteiger partial charge in [-0.3, -0.25) is 0 Å². The molecule has 3 rings (SSSR count). The first kappa shape index (κ1) is 9.61. The zero-order valence-electron chi connectivity index (χ0n) is 9.22. The highest BCUT2D eigenvalue weighted by Crippen LogP contribution is 2.45. The molecule has 0 aromatic heterocycles. The van der Waals surface area contributed by atoms with E-state index in [0.717, 1.165) is 26.3 Å². The van der Waals surface area contributed by atoms with E-state index in [-0.39, 0.29) is 0 Å². The number of rotatable bonds is 0. The van der Waals surface area contributed by atoms with Gasteiger partial charge in [-0.1, -0.05) is 17.7 Å². The molecule has 0 aromatic rings. The van der Waals surface area contributed by atoms with E-state index in [1.54, 1.807) is 5.57 Å². The van der Waals surface area contributed by atoms with Gasteiger partial charge in [-0.05, 0) is 44.3 Å². The fraction of sp³-hybridized carbons (Fsp3) is 0.692. The quantitative estimate of drug-likeness (QED) is 0.653. The molecule has 82 valence electrons. The number of hydrogen-bond acceptors (Lipinski definition) is 2. The molecule has 1 fully saturated rings. The molecule has 1 spiro atoms. The first-order valence-corrected chi connectivity index (χ1v) is 6.08. The Morgan fingerprint density at radius 3 is 3.00 bits per heavy atom. The topological polar surface area (TPSA) is 21.3 Å². The van der Waals surface area contributed by atoms with Crippen LogP contribution in [0.4, 0.5) is 0 Å². The number of nitrogens with one attached hydrogen (secondary N) is 1. The lowest BCUT2D eigenvalue weighted by Crippen LogP contribution is -2.44. The van der Waals surface area contributed by atoms with Gasteiger partial charge in [0.15, 0.2) is 0 Å². The Morgan fingerprint density at radius 1 is 1.27 bits per heavy atom. The average Bonchev–Trinajstić information content (AvgIpc) is 2.31. The Kier molecular flexibility index (Phi) is 2.41. The maximum Gasteiger partial charge on any atom is 0.0716 e. The van der Waals surface area contributed by atoms with Crippen molar-refractivity contribution in [1.29, 1.82) is 0 Å². The first-order chi connectivity index (χ1) is 7.41. The van der Waals surface area contributed by atoms with Crippen molar-refractivity contribution in [2.24, 2.45) is 5.41 Å². The minimum absolute atomic E-state index is 0.392. The molecule has 0 aromatic carbocycles. The van der Waals surface area contributed by atoms with Crippen LogP contribution in [0.2, 0.25) is 0 Å². The number of piperidine rings is 1. The molecule has 15 heavy (non-hydrogen) atoms. The fourth-order valence-electron chi connectivity index (χ4n) is 3.25. The van der Waals surface area contributed by atoms with Gasteiger partial charge in [-0.25, -0.2) is 0 Å². The van der Waals surface area contributed by atoms with Gasteiger partial charge in [-0.15, -0.1) is 0 Å². The summed E-state index contributed by atoms with van der Waals surface area (Å²) in [5.41, 5.74) is 3.59. The maximum atomic E-state index is 5.80. The molecule has 0 amide bonds. The van der Waals surface area contributed by atoms with Crippen molar-refractivity contribution in [2.75, 3.05) is 26.3 Å². The van der Waals surface area contributed by atoms with E-state index >= 15 is 0 Å². The van der Waals surface area contributed by atoms with E-state index in [0.29, 0.717) is 5.41 Å².